The molecule has 2 unspecified atom stereocenters. The quantitative estimate of drug-likeness (QED) is 0.678. The molecule has 1 aliphatic carbocycles. The van der Waals surface area contributed by atoms with Crippen molar-refractivity contribution >= 4 is 0 Å². The van der Waals surface area contributed by atoms with Crippen LogP contribution < -0.4 is 5.73 Å². The number of rotatable bonds is 3. The van der Waals surface area contributed by atoms with Gasteiger partial charge in [-0.25, -0.2) is 0 Å². The van der Waals surface area contributed by atoms with Crippen LogP contribution in [0.15, 0.2) is 0 Å². The van der Waals surface area contributed by atoms with Crippen LogP contribution in [0.4, 0.5) is 0 Å². The Morgan fingerprint density at radius 2 is 2.33 bits per heavy atom. The molecule has 0 aliphatic heterocycles. The maximum absolute atomic E-state index is 10.1. The molecule has 0 aromatic rings. The first-order chi connectivity index (χ1) is 5.70. The summed E-state index contributed by atoms with van der Waals surface area (Å²) in [4.78, 5) is 0. The first-order valence-corrected chi connectivity index (χ1v) is 5.12. The fourth-order valence-corrected chi connectivity index (χ4v) is 2.31. The van der Waals surface area contributed by atoms with Gasteiger partial charge in [-0.1, -0.05) is 26.2 Å². The predicted octanol–water partition coefficient (Wildman–Crippen LogP) is 1.67. The summed E-state index contributed by atoms with van der Waals surface area (Å²) >= 11 is 0. The molecule has 0 aromatic carbocycles. The summed E-state index contributed by atoms with van der Waals surface area (Å²) in [7, 11) is 0. The minimum Gasteiger partial charge on any atom is -0.390 e. The lowest BCUT2D eigenvalue weighted by atomic mass is 9.75. The Labute approximate surface area is 75.2 Å². The lowest BCUT2D eigenvalue weighted by Crippen LogP contribution is -2.37. The Morgan fingerprint density at radius 1 is 1.58 bits per heavy atom. The van der Waals surface area contributed by atoms with E-state index >= 15 is 0 Å². The third kappa shape index (κ3) is 2.46. The van der Waals surface area contributed by atoms with Crippen LogP contribution >= 0.6 is 0 Å². The van der Waals surface area contributed by atoms with Crippen LogP contribution in [0.3, 0.4) is 0 Å². The molecule has 0 saturated heterocycles. The molecule has 1 aliphatic rings. The summed E-state index contributed by atoms with van der Waals surface area (Å²) in [6.45, 7) is 2.83. The second-order valence-electron chi connectivity index (χ2n) is 4.13. The zero-order chi connectivity index (χ0) is 9.03. The van der Waals surface area contributed by atoms with E-state index in [1.807, 2.05) is 0 Å². The van der Waals surface area contributed by atoms with Crippen molar-refractivity contribution in [1.82, 2.24) is 0 Å². The van der Waals surface area contributed by atoms with E-state index in [4.69, 9.17) is 5.73 Å². The van der Waals surface area contributed by atoms with E-state index in [0.29, 0.717) is 6.54 Å². The maximum atomic E-state index is 10.1. The summed E-state index contributed by atoms with van der Waals surface area (Å²) in [5.41, 5.74) is 5.05. The average Bonchev–Trinajstić information content (AvgIpc) is 2.04. The molecule has 3 N–H and O–H groups in total. The topological polar surface area (TPSA) is 46.2 Å². The van der Waals surface area contributed by atoms with Gasteiger partial charge >= 0.3 is 0 Å². The molecule has 0 amide bonds. The highest BCUT2D eigenvalue weighted by Gasteiger charge is 2.32. The molecule has 2 atom stereocenters. The zero-order valence-electron chi connectivity index (χ0n) is 8.05. The molecule has 1 fully saturated rings. The third-order valence-corrected chi connectivity index (χ3v) is 3.11. The maximum Gasteiger partial charge on any atom is 0.0662 e. The van der Waals surface area contributed by atoms with E-state index in [1.54, 1.807) is 0 Å². The van der Waals surface area contributed by atoms with Crippen LogP contribution in [0.2, 0.25) is 0 Å². The lowest BCUT2D eigenvalue weighted by molar-refractivity contribution is -0.0215. The highest BCUT2D eigenvalue weighted by atomic mass is 16.3. The van der Waals surface area contributed by atoms with Crippen LogP contribution in [0.1, 0.15) is 45.4 Å². The summed E-state index contributed by atoms with van der Waals surface area (Å²) in [6, 6.07) is 0. The van der Waals surface area contributed by atoms with Crippen molar-refractivity contribution in [3.05, 3.63) is 0 Å². The summed E-state index contributed by atoms with van der Waals surface area (Å²) in [5, 5.41) is 10.1. The Morgan fingerprint density at radius 3 is 2.92 bits per heavy atom. The van der Waals surface area contributed by atoms with E-state index in [1.165, 1.54) is 19.3 Å². The minimum atomic E-state index is -0.423. The van der Waals surface area contributed by atoms with Gasteiger partial charge in [0.25, 0.3) is 0 Å². The first kappa shape index (κ1) is 10.0. The largest absolute Gasteiger partial charge is 0.390 e. The molecule has 0 aromatic heterocycles. The van der Waals surface area contributed by atoms with Crippen molar-refractivity contribution in [2.75, 3.05) is 6.54 Å². The van der Waals surface area contributed by atoms with Crippen molar-refractivity contribution in [3.8, 4) is 0 Å². The SMILES string of the molecule is CCC1CCCC(O)(CCN)C1. The normalized spacial score (nSPS) is 36.8. The van der Waals surface area contributed by atoms with E-state index in [0.717, 1.165) is 25.2 Å². The summed E-state index contributed by atoms with van der Waals surface area (Å²) < 4.78 is 0. The molecule has 0 spiro atoms. The second kappa shape index (κ2) is 4.24. The molecule has 12 heavy (non-hydrogen) atoms. The van der Waals surface area contributed by atoms with Crippen molar-refractivity contribution in [2.24, 2.45) is 11.7 Å². The van der Waals surface area contributed by atoms with Crippen LogP contribution in [0, 0.1) is 5.92 Å². The Kier molecular flexibility index (Phi) is 3.53. The van der Waals surface area contributed by atoms with Crippen LogP contribution in [-0.2, 0) is 0 Å². The van der Waals surface area contributed by atoms with Gasteiger partial charge in [0.05, 0.1) is 5.60 Å². The van der Waals surface area contributed by atoms with E-state index in [2.05, 4.69) is 6.92 Å². The van der Waals surface area contributed by atoms with Crippen molar-refractivity contribution in [2.45, 2.75) is 51.0 Å². The first-order valence-electron chi connectivity index (χ1n) is 5.12. The Bertz CT molecular complexity index is 134. The molecular formula is C10H21NO. The van der Waals surface area contributed by atoms with Crippen LogP contribution in [0.25, 0.3) is 0 Å². The van der Waals surface area contributed by atoms with E-state index < -0.39 is 5.60 Å². The molecule has 2 heteroatoms. The third-order valence-electron chi connectivity index (χ3n) is 3.11. The van der Waals surface area contributed by atoms with Gasteiger partial charge in [0.15, 0.2) is 0 Å². The molecule has 1 rings (SSSR count). The van der Waals surface area contributed by atoms with Gasteiger partial charge in [-0.15, -0.1) is 0 Å². The van der Waals surface area contributed by atoms with Gasteiger partial charge < -0.3 is 10.8 Å². The summed E-state index contributed by atoms with van der Waals surface area (Å²) in [5.74, 6) is 0.732. The standard InChI is InChI=1S/C10H21NO/c1-2-9-4-3-5-10(12,8-9)6-7-11/h9,12H,2-8,11H2,1H3. The van der Waals surface area contributed by atoms with Crippen molar-refractivity contribution in [1.29, 1.82) is 0 Å². The highest BCUT2D eigenvalue weighted by molar-refractivity contribution is 4.85. The fourth-order valence-electron chi connectivity index (χ4n) is 2.31. The van der Waals surface area contributed by atoms with E-state index in [9.17, 15) is 5.11 Å². The number of hydrogen-bond acceptors (Lipinski definition) is 2. The van der Waals surface area contributed by atoms with Gasteiger partial charge in [-0.2, -0.15) is 0 Å². The lowest BCUT2D eigenvalue weighted by Gasteiger charge is -2.36. The molecule has 0 heterocycles. The van der Waals surface area contributed by atoms with Crippen molar-refractivity contribution < 1.29 is 5.11 Å². The molecule has 72 valence electrons. The number of aliphatic hydroxyl groups is 1. The number of hydrogen-bond donors (Lipinski definition) is 2. The minimum absolute atomic E-state index is 0.423. The van der Waals surface area contributed by atoms with Crippen molar-refractivity contribution in [3.63, 3.8) is 0 Å². The Balaban J connectivity index is 2.43. The van der Waals surface area contributed by atoms with Crippen LogP contribution in [-0.4, -0.2) is 17.3 Å². The molecule has 0 bridgehead atoms. The molecule has 1 saturated carbocycles. The molecule has 0 radical (unpaired) electrons. The summed E-state index contributed by atoms with van der Waals surface area (Å²) in [6.07, 6.45) is 6.39. The van der Waals surface area contributed by atoms with Gasteiger partial charge in [-0.3, -0.25) is 0 Å². The predicted molar refractivity (Wildman–Crippen MR) is 50.9 cm³/mol. The Hall–Kier alpha value is -0.0800. The van der Waals surface area contributed by atoms with Gasteiger partial charge in [0.1, 0.15) is 0 Å². The van der Waals surface area contributed by atoms with Gasteiger partial charge in [0, 0.05) is 0 Å². The molecule has 2 nitrogen and oxygen atoms in total. The zero-order valence-corrected chi connectivity index (χ0v) is 8.05. The smallest absolute Gasteiger partial charge is 0.0662 e. The highest BCUT2D eigenvalue weighted by Crippen LogP contribution is 2.35. The van der Waals surface area contributed by atoms with Gasteiger partial charge in [0.2, 0.25) is 0 Å². The fraction of sp³-hybridized carbons (Fsp3) is 1.00. The van der Waals surface area contributed by atoms with Gasteiger partial charge in [-0.05, 0) is 31.7 Å². The average molecular weight is 171 g/mol. The van der Waals surface area contributed by atoms with Crippen LogP contribution in [0.5, 0.6) is 0 Å². The number of nitrogens with two attached hydrogens (primary N) is 1. The monoisotopic (exact) mass is 171 g/mol. The molecular weight excluding hydrogens is 150 g/mol. The second-order valence-corrected chi connectivity index (χ2v) is 4.13. The van der Waals surface area contributed by atoms with E-state index in [-0.39, 0.29) is 0 Å².